The molecule has 1 aromatic rings. The molecule has 0 aliphatic rings. The van der Waals surface area contributed by atoms with E-state index in [1.165, 1.54) is 0 Å². The first-order valence-electron chi connectivity index (χ1n) is 3.23. The standard InChI is InChI=1S/C7H8ClPS3/c1-9(10,11)12-7-4-2-6(8)3-5-7/h2-5H,1H3,(H,10,11). The van der Waals surface area contributed by atoms with Gasteiger partial charge in [-0.1, -0.05) is 34.8 Å². The van der Waals surface area contributed by atoms with Crippen molar-refractivity contribution in [2.75, 3.05) is 6.66 Å². The Hall–Kier alpha value is 0.860. The average Bonchev–Trinajstić information content (AvgIpc) is 1.91. The molecular weight excluding hydrogens is 247 g/mol. The summed E-state index contributed by atoms with van der Waals surface area (Å²) in [5.74, 6) is 0. The Bertz CT molecular complexity index is 303. The number of hydrogen-bond acceptors (Lipinski definition) is 2. The van der Waals surface area contributed by atoms with Gasteiger partial charge in [-0.3, -0.25) is 0 Å². The van der Waals surface area contributed by atoms with Gasteiger partial charge in [-0.15, -0.1) is 12.2 Å². The second kappa shape index (κ2) is 4.39. The number of hydrogen-bond donors (Lipinski definition) is 1. The number of thiol groups is 1. The minimum absolute atomic E-state index is 0.753. The summed E-state index contributed by atoms with van der Waals surface area (Å²) in [6, 6.07) is 7.66. The molecule has 1 rings (SSSR count). The molecule has 5 heteroatoms. The third-order valence-electron chi connectivity index (χ3n) is 1.09. The first kappa shape index (κ1) is 10.9. The fourth-order valence-electron chi connectivity index (χ4n) is 0.691. The molecule has 0 aliphatic heterocycles. The molecule has 1 aromatic carbocycles. The molecule has 0 nitrogen and oxygen atoms in total. The predicted molar refractivity (Wildman–Crippen MR) is 66.5 cm³/mol. The topological polar surface area (TPSA) is 0 Å². The third kappa shape index (κ3) is 4.20. The molecule has 1 atom stereocenters. The van der Waals surface area contributed by atoms with E-state index in [1.54, 1.807) is 11.4 Å². The van der Waals surface area contributed by atoms with Crippen molar-refractivity contribution in [2.45, 2.75) is 4.90 Å². The molecule has 0 spiro atoms. The zero-order valence-electron chi connectivity index (χ0n) is 6.40. The smallest absolute Gasteiger partial charge is 0.0559 e. The van der Waals surface area contributed by atoms with E-state index in [9.17, 15) is 0 Å². The van der Waals surface area contributed by atoms with E-state index < -0.39 is 4.44 Å². The summed E-state index contributed by atoms with van der Waals surface area (Å²) in [6.45, 7) is 1.99. The van der Waals surface area contributed by atoms with E-state index in [0.717, 1.165) is 9.92 Å². The van der Waals surface area contributed by atoms with Crippen LogP contribution in [0.25, 0.3) is 0 Å². The Labute approximate surface area is 92.0 Å². The van der Waals surface area contributed by atoms with Gasteiger partial charge in [-0.05, 0) is 30.9 Å². The molecule has 1 unspecified atom stereocenters. The SMILES string of the molecule is CP(=S)(S)Sc1ccc(Cl)cc1. The number of halogens is 1. The summed E-state index contributed by atoms with van der Waals surface area (Å²) in [5.41, 5.74) is 0. The van der Waals surface area contributed by atoms with E-state index >= 15 is 0 Å². The first-order chi connectivity index (χ1) is 5.47. The molecule has 66 valence electrons. The van der Waals surface area contributed by atoms with Crippen LogP contribution in [0.4, 0.5) is 0 Å². The van der Waals surface area contributed by atoms with E-state index in [2.05, 4.69) is 12.2 Å². The van der Waals surface area contributed by atoms with Gasteiger partial charge in [0.15, 0.2) is 0 Å². The number of rotatable bonds is 2. The third-order valence-corrected chi connectivity index (χ3v) is 5.22. The van der Waals surface area contributed by atoms with Gasteiger partial charge in [0, 0.05) is 9.92 Å². The van der Waals surface area contributed by atoms with Crippen LogP contribution in [0, 0.1) is 0 Å². The Morgan fingerprint density at radius 3 is 2.33 bits per heavy atom. The maximum atomic E-state index is 5.74. The molecule has 0 aromatic heterocycles. The molecule has 0 bridgehead atoms. The second-order valence-corrected chi connectivity index (χ2v) is 14.7. The van der Waals surface area contributed by atoms with Crippen LogP contribution in [0.1, 0.15) is 0 Å². The lowest BCUT2D eigenvalue weighted by Crippen LogP contribution is -1.68. The largest absolute Gasteiger partial charge is 0.131 e. The quantitative estimate of drug-likeness (QED) is 0.617. The highest BCUT2D eigenvalue weighted by atomic mass is 35.5. The summed E-state index contributed by atoms with van der Waals surface area (Å²) < 4.78 is -1.50. The first-order valence-corrected chi connectivity index (χ1v) is 9.43. The van der Waals surface area contributed by atoms with Crippen molar-refractivity contribution in [1.82, 2.24) is 0 Å². The summed E-state index contributed by atoms with van der Waals surface area (Å²) in [5, 5.41) is 0.753. The van der Waals surface area contributed by atoms with E-state index in [4.69, 9.17) is 23.4 Å². The highest BCUT2D eigenvalue weighted by Crippen LogP contribution is 2.62. The van der Waals surface area contributed by atoms with Gasteiger partial charge >= 0.3 is 0 Å². The van der Waals surface area contributed by atoms with Crippen molar-refractivity contribution in [3.8, 4) is 0 Å². The molecule has 12 heavy (non-hydrogen) atoms. The molecular formula is C7H8ClPS3. The van der Waals surface area contributed by atoms with Crippen molar-refractivity contribution in [3.05, 3.63) is 29.3 Å². The van der Waals surface area contributed by atoms with Gasteiger partial charge in [-0.25, -0.2) is 0 Å². The van der Waals surface area contributed by atoms with Crippen LogP contribution in [0.15, 0.2) is 29.2 Å². The maximum absolute atomic E-state index is 5.74. The van der Waals surface area contributed by atoms with Gasteiger partial charge < -0.3 is 0 Å². The van der Waals surface area contributed by atoms with Gasteiger partial charge in [0.05, 0.1) is 4.44 Å². The van der Waals surface area contributed by atoms with Crippen LogP contribution < -0.4 is 0 Å². The summed E-state index contributed by atoms with van der Waals surface area (Å²) in [6.07, 6.45) is 0. The van der Waals surface area contributed by atoms with E-state index in [0.29, 0.717) is 0 Å². The van der Waals surface area contributed by atoms with Gasteiger partial charge in [0.25, 0.3) is 0 Å². The minimum atomic E-state index is -1.50. The van der Waals surface area contributed by atoms with Gasteiger partial charge in [-0.2, -0.15) is 0 Å². The van der Waals surface area contributed by atoms with Crippen LogP contribution in [-0.2, 0) is 11.8 Å². The Morgan fingerprint density at radius 1 is 1.42 bits per heavy atom. The molecule has 0 radical (unpaired) electrons. The minimum Gasteiger partial charge on any atom is -0.131 e. The van der Waals surface area contributed by atoms with Crippen molar-refractivity contribution in [1.29, 1.82) is 0 Å². The highest BCUT2D eigenvalue weighted by Gasteiger charge is 2.04. The molecule has 0 heterocycles. The van der Waals surface area contributed by atoms with Gasteiger partial charge in [0.1, 0.15) is 0 Å². The zero-order chi connectivity index (χ0) is 9.19. The molecule has 0 aliphatic carbocycles. The Balaban J connectivity index is 2.78. The summed E-state index contributed by atoms with van der Waals surface area (Å²) in [7, 11) is 0. The average molecular weight is 255 g/mol. The van der Waals surface area contributed by atoms with Crippen LogP contribution in [0.2, 0.25) is 5.02 Å². The highest BCUT2D eigenvalue weighted by molar-refractivity contribution is 8.96. The molecule has 0 amide bonds. The van der Waals surface area contributed by atoms with Crippen molar-refractivity contribution in [3.63, 3.8) is 0 Å². The van der Waals surface area contributed by atoms with E-state index in [-0.39, 0.29) is 0 Å². The van der Waals surface area contributed by atoms with Crippen molar-refractivity contribution in [2.24, 2.45) is 0 Å². The fraction of sp³-hybridized carbons (Fsp3) is 0.143. The van der Waals surface area contributed by atoms with E-state index in [1.807, 2.05) is 30.9 Å². The lowest BCUT2D eigenvalue weighted by molar-refractivity contribution is 1.48. The fourth-order valence-corrected chi connectivity index (χ4v) is 4.63. The maximum Gasteiger partial charge on any atom is 0.0559 e. The molecule has 0 N–H and O–H groups in total. The lowest BCUT2D eigenvalue weighted by atomic mass is 10.4. The summed E-state index contributed by atoms with van der Waals surface area (Å²) in [4.78, 5) is 1.14. The number of benzene rings is 1. The van der Waals surface area contributed by atoms with Crippen LogP contribution in [-0.4, -0.2) is 6.66 Å². The monoisotopic (exact) mass is 254 g/mol. The van der Waals surface area contributed by atoms with Crippen LogP contribution >= 0.6 is 39.7 Å². The molecule has 0 saturated carbocycles. The van der Waals surface area contributed by atoms with Crippen LogP contribution in [0.3, 0.4) is 0 Å². The Morgan fingerprint density at radius 2 is 1.92 bits per heavy atom. The lowest BCUT2D eigenvalue weighted by Gasteiger charge is -2.07. The van der Waals surface area contributed by atoms with Crippen LogP contribution in [0.5, 0.6) is 0 Å². The Kier molecular flexibility index (Phi) is 4.00. The van der Waals surface area contributed by atoms with Gasteiger partial charge in [0.2, 0.25) is 0 Å². The van der Waals surface area contributed by atoms with Crippen molar-refractivity contribution >= 4 is 51.5 Å². The molecule has 0 saturated heterocycles. The van der Waals surface area contributed by atoms with Crippen molar-refractivity contribution < 1.29 is 0 Å². The summed E-state index contributed by atoms with van der Waals surface area (Å²) >= 11 is 16.9. The molecule has 0 fully saturated rings. The zero-order valence-corrected chi connectivity index (χ0v) is 10.6. The normalized spacial score (nSPS) is 15.6. The second-order valence-electron chi connectivity index (χ2n) is 2.35. The predicted octanol–water partition coefficient (Wildman–Crippen LogP) is 4.30.